The number of aryl methyl sites for hydroxylation is 1. The molecular formula is C33H43N3O7S. The summed E-state index contributed by atoms with van der Waals surface area (Å²) in [6.07, 6.45) is 0. The van der Waals surface area contributed by atoms with Gasteiger partial charge in [0.2, 0.25) is 11.8 Å². The average Bonchev–Trinajstić information content (AvgIpc) is 3.01. The number of carbonyl (C=O) groups excluding carboxylic acids is 2. The first-order valence-corrected chi connectivity index (χ1v) is 16.0. The number of rotatable bonds is 15. The van der Waals surface area contributed by atoms with Crippen molar-refractivity contribution in [2.75, 3.05) is 38.2 Å². The van der Waals surface area contributed by atoms with Gasteiger partial charge in [0.25, 0.3) is 10.0 Å². The number of carbonyl (C=O) groups is 2. The summed E-state index contributed by atoms with van der Waals surface area (Å²) in [7, 11) is -1.43. The lowest BCUT2D eigenvalue weighted by atomic mass is 10.1. The zero-order valence-electron chi connectivity index (χ0n) is 26.5. The molecule has 11 heteroatoms. The molecule has 0 heterocycles. The number of benzene rings is 3. The molecule has 0 aliphatic heterocycles. The smallest absolute Gasteiger partial charge is 0.264 e. The molecular weight excluding hydrogens is 582 g/mol. The molecule has 2 amide bonds. The Morgan fingerprint density at radius 2 is 1.52 bits per heavy atom. The van der Waals surface area contributed by atoms with Gasteiger partial charge in [-0.1, -0.05) is 43.7 Å². The van der Waals surface area contributed by atoms with Crippen LogP contribution in [0, 0.1) is 12.8 Å². The van der Waals surface area contributed by atoms with Crippen LogP contribution in [0.25, 0.3) is 0 Å². The van der Waals surface area contributed by atoms with Crippen LogP contribution < -0.4 is 23.8 Å². The Bertz CT molecular complexity index is 1510. The molecule has 1 N–H and O–H groups in total. The van der Waals surface area contributed by atoms with Crippen molar-refractivity contribution in [2.24, 2.45) is 5.92 Å². The Labute approximate surface area is 261 Å². The van der Waals surface area contributed by atoms with E-state index >= 15 is 0 Å². The first kappa shape index (κ1) is 34.2. The number of ether oxygens (including phenoxy) is 3. The van der Waals surface area contributed by atoms with Crippen LogP contribution in [0.5, 0.6) is 17.2 Å². The largest absolute Gasteiger partial charge is 0.494 e. The van der Waals surface area contributed by atoms with Crippen LogP contribution in [0.4, 0.5) is 5.69 Å². The van der Waals surface area contributed by atoms with Gasteiger partial charge in [0.05, 0.1) is 31.4 Å². The third-order valence-electron chi connectivity index (χ3n) is 6.98. The lowest BCUT2D eigenvalue weighted by Crippen LogP contribution is -2.51. The predicted molar refractivity (Wildman–Crippen MR) is 171 cm³/mol. The summed E-state index contributed by atoms with van der Waals surface area (Å²) >= 11 is 0. The molecule has 3 rings (SSSR count). The Morgan fingerprint density at radius 1 is 0.886 bits per heavy atom. The Hall–Kier alpha value is -4.25. The summed E-state index contributed by atoms with van der Waals surface area (Å²) < 4.78 is 45.6. The van der Waals surface area contributed by atoms with Gasteiger partial charge in [-0.05, 0) is 68.7 Å². The maximum absolute atomic E-state index is 14.2. The van der Waals surface area contributed by atoms with E-state index in [1.54, 1.807) is 31.2 Å². The fourth-order valence-corrected chi connectivity index (χ4v) is 5.86. The summed E-state index contributed by atoms with van der Waals surface area (Å²) in [6, 6.07) is 17.5. The van der Waals surface area contributed by atoms with E-state index in [4.69, 9.17) is 14.2 Å². The van der Waals surface area contributed by atoms with Crippen LogP contribution in [-0.2, 0) is 26.2 Å². The SMILES string of the molecule is CCOc1ccc(N(CC(=O)N(Cc2ccc(C)cc2)[C@H](C)C(=O)NCC(C)C)S(=O)(=O)c2ccc(OC)c(OC)c2)cc1. The molecule has 0 unspecified atom stereocenters. The van der Waals surface area contributed by atoms with Crippen molar-refractivity contribution in [2.45, 2.75) is 52.1 Å². The van der Waals surface area contributed by atoms with Crippen molar-refractivity contribution in [3.63, 3.8) is 0 Å². The summed E-state index contributed by atoms with van der Waals surface area (Å²) in [5, 5.41) is 2.89. The first-order valence-electron chi connectivity index (χ1n) is 14.5. The first-order chi connectivity index (χ1) is 20.9. The molecule has 0 aromatic heterocycles. The van der Waals surface area contributed by atoms with Crippen LogP contribution in [0.1, 0.15) is 38.8 Å². The second-order valence-electron chi connectivity index (χ2n) is 10.8. The highest BCUT2D eigenvalue weighted by atomic mass is 32.2. The van der Waals surface area contributed by atoms with Crippen LogP contribution in [0.15, 0.2) is 71.6 Å². The topological polar surface area (TPSA) is 114 Å². The van der Waals surface area contributed by atoms with Gasteiger partial charge >= 0.3 is 0 Å². The van der Waals surface area contributed by atoms with E-state index in [9.17, 15) is 18.0 Å². The Balaban J connectivity index is 2.06. The molecule has 0 aliphatic carbocycles. The van der Waals surface area contributed by atoms with E-state index in [1.807, 2.05) is 52.0 Å². The van der Waals surface area contributed by atoms with Crippen molar-refractivity contribution < 1.29 is 32.2 Å². The van der Waals surface area contributed by atoms with Gasteiger partial charge < -0.3 is 24.4 Å². The zero-order valence-corrected chi connectivity index (χ0v) is 27.3. The number of hydrogen-bond acceptors (Lipinski definition) is 7. The summed E-state index contributed by atoms with van der Waals surface area (Å²) in [6.45, 7) is 9.86. The highest BCUT2D eigenvalue weighted by molar-refractivity contribution is 7.92. The van der Waals surface area contributed by atoms with Crippen molar-refractivity contribution in [1.82, 2.24) is 10.2 Å². The quantitative estimate of drug-likeness (QED) is 0.258. The molecule has 0 radical (unpaired) electrons. The van der Waals surface area contributed by atoms with Crippen molar-refractivity contribution in [3.8, 4) is 17.2 Å². The number of sulfonamides is 1. The molecule has 0 saturated heterocycles. The molecule has 0 spiro atoms. The summed E-state index contributed by atoms with van der Waals surface area (Å²) in [5.41, 5.74) is 2.11. The van der Waals surface area contributed by atoms with Crippen molar-refractivity contribution in [1.29, 1.82) is 0 Å². The second kappa shape index (κ2) is 15.5. The van der Waals surface area contributed by atoms with E-state index < -0.39 is 28.5 Å². The molecule has 10 nitrogen and oxygen atoms in total. The number of nitrogens with zero attached hydrogens (tertiary/aromatic N) is 2. The molecule has 0 fully saturated rings. The van der Waals surface area contributed by atoms with E-state index in [0.29, 0.717) is 24.7 Å². The van der Waals surface area contributed by atoms with Crippen LogP contribution in [0.3, 0.4) is 0 Å². The van der Waals surface area contributed by atoms with E-state index in [-0.39, 0.29) is 34.7 Å². The van der Waals surface area contributed by atoms with E-state index in [2.05, 4.69) is 5.32 Å². The van der Waals surface area contributed by atoms with Gasteiger partial charge in [-0.3, -0.25) is 13.9 Å². The van der Waals surface area contributed by atoms with Crippen LogP contribution in [0.2, 0.25) is 0 Å². The molecule has 0 saturated carbocycles. The highest BCUT2D eigenvalue weighted by Crippen LogP contribution is 2.33. The third-order valence-corrected chi connectivity index (χ3v) is 8.75. The van der Waals surface area contributed by atoms with Gasteiger partial charge in [0.1, 0.15) is 18.3 Å². The minimum absolute atomic E-state index is 0.0929. The fourth-order valence-electron chi connectivity index (χ4n) is 4.43. The molecule has 1 atom stereocenters. The van der Waals surface area contributed by atoms with E-state index in [1.165, 1.54) is 37.3 Å². The monoisotopic (exact) mass is 625 g/mol. The maximum atomic E-state index is 14.2. The van der Waals surface area contributed by atoms with Crippen molar-refractivity contribution >= 4 is 27.5 Å². The minimum atomic E-state index is -4.30. The zero-order chi connectivity index (χ0) is 32.4. The lowest BCUT2D eigenvalue weighted by Gasteiger charge is -2.32. The standard InChI is InChI=1S/C33H43N3O7S/c1-8-43-28-15-13-27(14-16-28)36(44(39,40)29-17-18-30(41-6)31(19-29)42-7)22-32(37)35(21-26-11-9-24(4)10-12-26)25(5)33(38)34-20-23(2)3/h9-19,23,25H,8,20-22H2,1-7H3,(H,34,38)/t25-/m1/s1. The lowest BCUT2D eigenvalue weighted by molar-refractivity contribution is -0.139. The number of nitrogens with one attached hydrogen (secondary N) is 1. The highest BCUT2D eigenvalue weighted by Gasteiger charge is 2.33. The van der Waals surface area contributed by atoms with Crippen LogP contribution >= 0.6 is 0 Å². The fraction of sp³-hybridized carbons (Fsp3) is 0.394. The van der Waals surface area contributed by atoms with Crippen molar-refractivity contribution in [3.05, 3.63) is 77.9 Å². The van der Waals surface area contributed by atoms with Crippen LogP contribution in [-0.4, -0.2) is 65.1 Å². The molecule has 238 valence electrons. The molecule has 0 aliphatic rings. The van der Waals surface area contributed by atoms with E-state index in [0.717, 1.165) is 15.4 Å². The molecule has 44 heavy (non-hydrogen) atoms. The van der Waals surface area contributed by atoms with Gasteiger partial charge in [-0.25, -0.2) is 8.42 Å². The van der Waals surface area contributed by atoms with Gasteiger partial charge in [-0.2, -0.15) is 0 Å². The molecule has 3 aromatic carbocycles. The normalized spacial score (nSPS) is 11.9. The molecule has 0 bridgehead atoms. The Kier molecular flexibility index (Phi) is 12.0. The average molecular weight is 626 g/mol. The predicted octanol–water partition coefficient (Wildman–Crippen LogP) is 4.80. The number of amides is 2. The number of hydrogen-bond donors (Lipinski definition) is 1. The third kappa shape index (κ3) is 8.66. The number of methoxy groups -OCH3 is 2. The minimum Gasteiger partial charge on any atom is -0.494 e. The second-order valence-corrected chi connectivity index (χ2v) is 12.6. The summed E-state index contributed by atoms with van der Waals surface area (Å²) in [4.78, 5) is 28.6. The summed E-state index contributed by atoms with van der Waals surface area (Å²) in [5.74, 6) is 0.491. The molecule has 3 aromatic rings. The van der Waals surface area contributed by atoms with Gasteiger partial charge in [0, 0.05) is 19.2 Å². The maximum Gasteiger partial charge on any atom is 0.264 e. The Morgan fingerprint density at radius 3 is 2.09 bits per heavy atom. The number of anilines is 1. The van der Waals surface area contributed by atoms with Gasteiger partial charge in [0.15, 0.2) is 11.5 Å². The van der Waals surface area contributed by atoms with Gasteiger partial charge in [-0.15, -0.1) is 0 Å².